The Hall–Kier alpha value is -2.63. The molecular formula is C19H17ClF3N4O3S-. The first-order valence-corrected chi connectivity index (χ1v) is 10.3. The molecule has 1 aromatic carbocycles. The molecule has 166 valence electrons. The zero-order valence-electron chi connectivity index (χ0n) is 16.3. The van der Waals surface area contributed by atoms with Gasteiger partial charge in [-0.2, -0.15) is 13.2 Å². The highest BCUT2D eigenvalue weighted by atomic mass is 35.5. The first kappa shape index (κ1) is 23.0. The normalized spacial score (nSPS) is 17.2. The second-order valence-corrected chi connectivity index (χ2v) is 8.00. The van der Waals surface area contributed by atoms with Gasteiger partial charge in [0.15, 0.2) is 0 Å². The van der Waals surface area contributed by atoms with E-state index >= 15 is 0 Å². The van der Waals surface area contributed by atoms with Crippen LogP contribution in [0, 0.1) is 6.92 Å². The average Bonchev–Trinajstić information content (AvgIpc) is 3.04. The second kappa shape index (κ2) is 8.85. The Kier molecular flexibility index (Phi) is 6.58. The molecule has 31 heavy (non-hydrogen) atoms. The minimum absolute atomic E-state index is 0.0173. The van der Waals surface area contributed by atoms with E-state index in [0.29, 0.717) is 10.5 Å². The van der Waals surface area contributed by atoms with Gasteiger partial charge >= 0.3 is 12.2 Å². The fourth-order valence-corrected chi connectivity index (χ4v) is 3.67. The van der Waals surface area contributed by atoms with Crippen molar-refractivity contribution in [2.45, 2.75) is 32.7 Å². The molecule has 2 heterocycles. The summed E-state index contributed by atoms with van der Waals surface area (Å²) in [5, 5.41) is -0.165. The predicted molar refractivity (Wildman–Crippen MR) is 108 cm³/mol. The molecule has 0 saturated carbocycles. The Morgan fingerprint density at radius 2 is 1.94 bits per heavy atom. The number of hydrogen-bond donors (Lipinski definition) is 0. The Bertz CT molecular complexity index is 1030. The van der Waals surface area contributed by atoms with Crippen LogP contribution in [0.1, 0.15) is 23.7 Å². The van der Waals surface area contributed by atoms with E-state index in [9.17, 15) is 26.7 Å². The molecule has 1 aliphatic heterocycles. The van der Waals surface area contributed by atoms with E-state index < -0.39 is 35.2 Å². The van der Waals surface area contributed by atoms with E-state index in [-0.39, 0.29) is 22.9 Å². The van der Waals surface area contributed by atoms with Gasteiger partial charge in [0.05, 0.1) is 39.8 Å². The zero-order valence-corrected chi connectivity index (χ0v) is 17.9. The van der Waals surface area contributed by atoms with Gasteiger partial charge in [-0.15, -0.1) is 0 Å². The third kappa shape index (κ3) is 5.00. The summed E-state index contributed by atoms with van der Waals surface area (Å²) in [6.45, 7) is 3.48. The predicted octanol–water partition coefficient (Wildman–Crippen LogP) is 4.42. The van der Waals surface area contributed by atoms with Crippen LogP contribution >= 0.6 is 11.6 Å². The maximum Gasteiger partial charge on any atom is 0.417 e. The lowest BCUT2D eigenvalue weighted by Crippen LogP contribution is -2.47. The van der Waals surface area contributed by atoms with Gasteiger partial charge in [0.1, 0.15) is 6.17 Å². The molecule has 7 nitrogen and oxygen atoms in total. The lowest BCUT2D eigenvalue weighted by Gasteiger charge is -2.33. The first-order chi connectivity index (χ1) is 14.5. The van der Waals surface area contributed by atoms with Crippen LogP contribution in [0.4, 0.5) is 23.7 Å². The molecule has 0 radical (unpaired) electrons. The van der Waals surface area contributed by atoms with Crippen LogP contribution in [0.2, 0.25) is 5.02 Å². The Labute approximate surface area is 184 Å². The maximum absolute atomic E-state index is 12.9. The van der Waals surface area contributed by atoms with Crippen molar-refractivity contribution in [3.8, 4) is 0 Å². The second-order valence-electron chi connectivity index (χ2n) is 6.79. The summed E-state index contributed by atoms with van der Waals surface area (Å²) in [4.78, 5) is 19.5. The van der Waals surface area contributed by atoms with E-state index in [1.54, 1.807) is 24.0 Å². The molecule has 1 aliphatic rings. The highest BCUT2D eigenvalue weighted by molar-refractivity contribution is 7.81. The van der Waals surface area contributed by atoms with Gasteiger partial charge in [-0.3, -0.25) is 14.1 Å². The molecule has 0 spiro atoms. The number of aryl methyl sites for hydroxylation is 1. The van der Waals surface area contributed by atoms with Gasteiger partial charge in [0.2, 0.25) is 0 Å². The summed E-state index contributed by atoms with van der Waals surface area (Å²) < 4.78 is 62.5. The number of benzene rings is 1. The summed E-state index contributed by atoms with van der Waals surface area (Å²) in [6, 6.07) is 6.35. The fourth-order valence-electron chi connectivity index (χ4n) is 2.93. The van der Waals surface area contributed by atoms with Crippen LogP contribution < -0.4 is 4.31 Å². The topological polar surface area (TPSA) is 79.8 Å². The van der Waals surface area contributed by atoms with Crippen molar-refractivity contribution in [3.05, 3.63) is 70.8 Å². The van der Waals surface area contributed by atoms with Crippen molar-refractivity contribution in [2.24, 2.45) is 0 Å². The van der Waals surface area contributed by atoms with Crippen molar-refractivity contribution >= 4 is 34.6 Å². The van der Waals surface area contributed by atoms with Crippen LogP contribution in [-0.4, -0.2) is 35.7 Å². The number of amides is 2. The summed E-state index contributed by atoms with van der Waals surface area (Å²) in [7, 11) is 0. The minimum Gasteiger partial charge on any atom is -0.755 e. The van der Waals surface area contributed by atoms with Gasteiger partial charge in [-0.05, 0) is 32.0 Å². The number of rotatable bonds is 4. The van der Waals surface area contributed by atoms with Crippen LogP contribution in [-0.2, 0) is 24.0 Å². The number of carbonyl (C=O) groups excluding carboxylic acids is 1. The molecule has 2 amide bonds. The number of alkyl halides is 3. The Morgan fingerprint density at radius 3 is 2.48 bits per heavy atom. The van der Waals surface area contributed by atoms with Gasteiger partial charge < -0.3 is 9.45 Å². The van der Waals surface area contributed by atoms with Crippen molar-refractivity contribution in [1.29, 1.82) is 0 Å². The Morgan fingerprint density at radius 1 is 1.29 bits per heavy atom. The minimum atomic E-state index is -4.56. The number of nitrogens with zero attached hydrogens (tertiary/aromatic N) is 4. The molecule has 0 fully saturated rings. The van der Waals surface area contributed by atoms with Crippen molar-refractivity contribution < 1.29 is 26.7 Å². The van der Waals surface area contributed by atoms with Crippen LogP contribution in [0.5, 0.6) is 0 Å². The molecule has 0 bridgehead atoms. The number of pyridine rings is 1. The zero-order chi connectivity index (χ0) is 22.9. The van der Waals surface area contributed by atoms with Gasteiger partial charge in [0, 0.05) is 18.6 Å². The number of aromatic nitrogens is 1. The quantitative estimate of drug-likeness (QED) is 0.614. The average molecular weight is 474 g/mol. The Balaban J connectivity index is 1.77. The smallest absolute Gasteiger partial charge is 0.417 e. The standard InChI is InChI=1S/C19H18ClF3N4O3S/c1-12-3-5-15(6-4-12)27(31(29)30)18(28)26-8-7-25(13(26)2)11-17-16(20)9-14(10-24-17)19(21,22)23/h3-10,13H,11H2,1-2H3,(H,29,30)/p-1. The van der Waals surface area contributed by atoms with Gasteiger partial charge in [-0.25, -0.2) is 9.10 Å². The van der Waals surface area contributed by atoms with E-state index in [1.165, 1.54) is 29.4 Å². The van der Waals surface area contributed by atoms with Gasteiger partial charge in [-0.1, -0.05) is 29.3 Å². The number of carbonyl (C=O) groups is 1. The van der Waals surface area contributed by atoms with Crippen molar-refractivity contribution in [1.82, 2.24) is 14.8 Å². The molecule has 2 aromatic rings. The highest BCUT2D eigenvalue weighted by Gasteiger charge is 2.34. The molecule has 2 atom stereocenters. The number of anilines is 1. The molecule has 12 heteroatoms. The van der Waals surface area contributed by atoms with E-state index in [4.69, 9.17) is 11.6 Å². The molecule has 3 rings (SSSR count). The summed E-state index contributed by atoms with van der Waals surface area (Å²) >= 11 is 3.10. The number of hydrogen-bond acceptors (Lipinski definition) is 5. The van der Waals surface area contributed by atoms with E-state index in [1.807, 2.05) is 6.92 Å². The molecular weight excluding hydrogens is 457 g/mol. The fraction of sp³-hybridized carbons (Fsp3) is 0.263. The van der Waals surface area contributed by atoms with E-state index in [2.05, 4.69) is 4.98 Å². The monoisotopic (exact) mass is 473 g/mol. The molecule has 1 aromatic heterocycles. The third-order valence-electron chi connectivity index (χ3n) is 4.69. The molecule has 2 unspecified atom stereocenters. The maximum atomic E-state index is 12.9. The molecule has 0 N–H and O–H groups in total. The number of urea groups is 1. The van der Waals surface area contributed by atoms with E-state index in [0.717, 1.165) is 11.6 Å². The van der Waals surface area contributed by atoms with Crippen molar-refractivity contribution in [2.75, 3.05) is 4.31 Å². The SMILES string of the molecule is Cc1ccc(N(C(=O)N2C=CN(Cc3ncc(C(F)(F)F)cc3Cl)C2C)S(=O)[O-])cc1. The largest absolute Gasteiger partial charge is 0.755 e. The van der Waals surface area contributed by atoms with Crippen LogP contribution in [0.15, 0.2) is 48.9 Å². The highest BCUT2D eigenvalue weighted by Crippen LogP contribution is 2.32. The molecule has 0 saturated heterocycles. The van der Waals surface area contributed by atoms with Crippen LogP contribution in [0.3, 0.4) is 0 Å². The summed E-state index contributed by atoms with van der Waals surface area (Å²) in [5.74, 6) is 0. The lowest BCUT2D eigenvalue weighted by molar-refractivity contribution is -0.137. The molecule has 0 aliphatic carbocycles. The summed E-state index contributed by atoms with van der Waals surface area (Å²) in [6.07, 6.45) is -1.61. The lowest BCUT2D eigenvalue weighted by atomic mass is 10.2. The number of halogens is 4. The summed E-state index contributed by atoms with van der Waals surface area (Å²) in [5.41, 5.74) is 0.294. The van der Waals surface area contributed by atoms with Crippen LogP contribution in [0.25, 0.3) is 0 Å². The van der Waals surface area contributed by atoms with Crippen molar-refractivity contribution in [3.63, 3.8) is 0 Å². The third-order valence-corrected chi connectivity index (χ3v) is 5.68. The first-order valence-electron chi connectivity index (χ1n) is 8.93. The van der Waals surface area contributed by atoms with Gasteiger partial charge in [0.25, 0.3) is 0 Å².